The Labute approximate surface area is 180 Å². The summed E-state index contributed by atoms with van der Waals surface area (Å²) in [7, 11) is -2.27. The Morgan fingerprint density at radius 1 is 1.20 bits per heavy atom. The van der Waals surface area contributed by atoms with Gasteiger partial charge in [0.25, 0.3) is 0 Å². The number of ether oxygens (including phenoxy) is 3. The van der Waals surface area contributed by atoms with Crippen LogP contribution in [0, 0.1) is 0 Å². The van der Waals surface area contributed by atoms with E-state index in [-0.39, 0.29) is 16.8 Å². The third kappa shape index (κ3) is 5.09. The molecule has 30 heavy (non-hydrogen) atoms. The summed E-state index contributed by atoms with van der Waals surface area (Å²) in [6, 6.07) is 9.57. The third-order valence-corrected chi connectivity index (χ3v) is 5.99. The zero-order chi connectivity index (χ0) is 21.9. The normalized spacial score (nSPS) is 14.0. The lowest BCUT2D eigenvalue weighted by atomic mass is 10.1. The first-order valence-electron chi connectivity index (χ1n) is 9.19. The first-order chi connectivity index (χ1) is 14.2. The molecule has 2 aromatic rings. The van der Waals surface area contributed by atoms with Gasteiger partial charge in [0.05, 0.1) is 30.1 Å². The quantitative estimate of drug-likeness (QED) is 0.691. The molecule has 0 aliphatic carbocycles. The molecule has 1 heterocycles. The predicted octanol–water partition coefficient (Wildman–Crippen LogP) is 2.76. The fourth-order valence-corrected chi connectivity index (χ4v) is 4.14. The van der Waals surface area contributed by atoms with Crippen LogP contribution in [0.4, 0.5) is 5.69 Å². The summed E-state index contributed by atoms with van der Waals surface area (Å²) in [6.07, 6.45) is 1.03. The van der Waals surface area contributed by atoms with Crippen LogP contribution in [0.15, 0.2) is 36.4 Å². The Morgan fingerprint density at radius 2 is 1.90 bits per heavy atom. The van der Waals surface area contributed by atoms with Crippen molar-refractivity contribution in [2.24, 2.45) is 0 Å². The number of hydrogen-bond donors (Lipinski definition) is 1. The summed E-state index contributed by atoms with van der Waals surface area (Å²) >= 11 is 6.11. The molecule has 1 aliphatic rings. The zero-order valence-corrected chi connectivity index (χ0v) is 18.4. The van der Waals surface area contributed by atoms with Crippen molar-refractivity contribution in [3.63, 3.8) is 0 Å². The molecule has 0 spiro atoms. The van der Waals surface area contributed by atoms with Crippen LogP contribution in [0.25, 0.3) is 0 Å². The van der Waals surface area contributed by atoms with Crippen LogP contribution in [-0.2, 0) is 14.8 Å². The minimum atomic E-state index is -3.73. The van der Waals surface area contributed by atoms with Crippen molar-refractivity contribution in [2.75, 3.05) is 37.4 Å². The maximum absolute atomic E-state index is 12.6. The van der Waals surface area contributed by atoms with Crippen molar-refractivity contribution in [2.45, 2.75) is 13.0 Å². The van der Waals surface area contributed by atoms with E-state index in [0.29, 0.717) is 30.5 Å². The maximum atomic E-state index is 12.6. The smallest absolute Gasteiger partial charge is 0.241 e. The van der Waals surface area contributed by atoms with Crippen molar-refractivity contribution >= 4 is 33.2 Å². The lowest BCUT2D eigenvalue weighted by Crippen LogP contribution is -2.41. The highest BCUT2D eigenvalue weighted by molar-refractivity contribution is 7.92. The minimum absolute atomic E-state index is 0.244. The SMILES string of the molecule is COc1ccc(N(CC(=O)N[C@@H](C)c2ccc3c(c2)OCCO3)S(C)(=O)=O)cc1Cl. The summed E-state index contributed by atoms with van der Waals surface area (Å²) in [5.41, 5.74) is 1.08. The number of rotatable bonds is 7. The van der Waals surface area contributed by atoms with Gasteiger partial charge in [-0.15, -0.1) is 0 Å². The van der Waals surface area contributed by atoms with Crippen LogP contribution in [0.3, 0.4) is 0 Å². The topological polar surface area (TPSA) is 94.2 Å². The number of halogens is 1. The standard InChI is InChI=1S/C20H23ClN2O6S/c1-13(14-4-6-18-19(10-14)29-9-8-28-18)22-20(24)12-23(30(3,25)26)15-5-7-17(27-2)16(21)11-15/h4-7,10-11,13H,8-9,12H2,1-3H3,(H,22,24)/t13-/m0/s1. The van der Waals surface area contributed by atoms with Gasteiger partial charge in [-0.3, -0.25) is 9.10 Å². The van der Waals surface area contributed by atoms with Gasteiger partial charge in [-0.25, -0.2) is 8.42 Å². The molecule has 0 bridgehead atoms. The highest BCUT2D eigenvalue weighted by Gasteiger charge is 2.23. The van der Waals surface area contributed by atoms with E-state index in [1.165, 1.54) is 19.2 Å². The number of nitrogens with one attached hydrogen (secondary N) is 1. The molecule has 0 aromatic heterocycles. The van der Waals surface area contributed by atoms with Gasteiger partial charge in [0.1, 0.15) is 25.5 Å². The second-order valence-electron chi connectivity index (χ2n) is 6.78. The Morgan fingerprint density at radius 3 is 2.53 bits per heavy atom. The van der Waals surface area contributed by atoms with Crippen molar-refractivity contribution < 1.29 is 27.4 Å². The summed E-state index contributed by atoms with van der Waals surface area (Å²) in [5, 5.41) is 3.06. The Kier molecular flexibility index (Phi) is 6.62. The molecule has 2 aromatic carbocycles. The molecule has 1 atom stereocenters. The summed E-state index contributed by atoms with van der Waals surface area (Å²) in [6.45, 7) is 2.37. The van der Waals surface area contributed by atoms with E-state index >= 15 is 0 Å². The van der Waals surface area contributed by atoms with Gasteiger partial charge in [0.15, 0.2) is 11.5 Å². The fourth-order valence-electron chi connectivity index (χ4n) is 3.04. The minimum Gasteiger partial charge on any atom is -0.495 e. The number of sulfonamides is 1. The third-order valence-electron chi connectivity index (χ3n) is 4.55. The number of methoxy groups -OCH3 is 1. The molecule has 0 radical (unpaired) electrons. The van der Waals surface area contributed by atoms with E-state index < -0.39 is 22.5 Å². The van der Waals surface area contributed by atoms with Crippen LogP contribution in [-0.4, -0.2) is 47.4 Å². The van der Waals surface area contributed by atoms with Gasteiger partial charge >= 0.3 is 0 Å². The number of benzene rings is 2. The van der Waals surface area contributed by atoms with E-state index in [2.05, 4.69) is 5.32 Å². The van der Waals surface area contributed by atoms with Gasteiger partial charge in [0.2, 0.25) is 15.9 Å². The number of amides is 1. The Balaban J connectivity index is 1.74. The van der Waals surface area contributed by atoms with Crippen LogP contribution in [0.1, 0.15) is 18.5 Å². The fraction of sp³-hybridized carbons (Fsp3) is 0.350. The molecule has 10 heteroatoms. The van der Waals surface area contributed by atoms with Crippen molar-refractivity contribution in [1.29, 1.82) is 0 Å². The van der Waals surface area contributed by atoms with E-state index in [0.717, 1.165) is 16.1 Å². The average molecular weight is 455 g/mol. The van der Waals surface area contributed by atoms with Crippen LogP contribution in [0.2, 0.25) is 5.02 Å². The molecule has 162 valence electrons. The van der Waals surface area contributed by atoms with Crippen molar-refractivity contribution in [1.82, 2.24) is 5.32 Å². The number of fused-ring (bicyclic) bond motifs is 1. The first-order valence-corrected chi connectivity index (χ1v) is 11.4. The zero-order valence-electron chi connectivity index (χ0n) is 16.8. The number of carbonyl (C=O) groups excluding carboxylic acids is 1. The molecule has 0 saturated carbocycles. The van der Waals surface area contributed by atoms with E-state index in [4.69, 9.17) is 25.8 Å². The Hall–Kier alpha value is -2.65. The van der Waals surface area contributed by atoms with Gasteiger partial charge in [0, 0.05) is 0 Å². The lowest BCUT2D eigenvalue weighted by Gasteiger charge is -2.24. The molecule has 1 aliphatic heterocycles. The average Bonchev–Trinajstić information content (AvgIpc) is 2.70. The number of carbonyl (C=O) groups is 1. The molecule has 1 amide bonds. The number of hydrogen-bond acceptors (Lipinski definition) is 6. The van der Waals surface area contributed by atoms with E-state index in [9.17, 15) is 13.2 Å². The van der Waals surface area contributed by atoms with Crippen LogP contribution >= 0.6 is 11.6 Å². The van der Waals surface area contributed by atoms with Crippen LogP contribution in [0.5, 0.6) is 17.2 Å². The van der Waals surface area contributed by atoms with E-state index in [1.807, 2.05) is 6.07 Å². The van der Waals surface area contributed by atoms with Gasteiger partial charge in [-0.2, -0.15) is 0 Å². The van der Waals surface area contributed by atoms with Gasteiger partial charge in [-0.05, 0) is 42.8 Å². The molecule has 3 rings (SSSR count). The van der Waals surface area contributed by atoms with Crippen molar-refractivity contribution in [3.8, 4) is 17.2 Å². The Bertz CT molecular complexity index is 1040. The largest absolute Gasteiger partial charge is 0.495 e. The molecular formula is C20H23ClN2O6S. The molecule has 0 fully saturated rings. The second-order valence-corrected chi connectivity index (χ2v) is 9.09. The maximum Gasteiger partial charge on any atom is 0.241 e. The number of nitrogens with zero attached hydrogens (tertiary/aromatic N) is 1. The van der Waals surface area contributed by atoms with E-state index in [1.54, 1.807) is 25.1 Å². The lowest BCUT2D eigenvalue weighted by molar-refractivity contribution is -0.120. The van der Waals surface area contributed by atoms with Gasteiger partial charge in [-0.1, -0.05) is 17.7 Å². The van der Waals surface area contributed by atoms with Crippen molar-refractivity contribution in [3.05, 3.63) is 47.0 Å². The summed E-state index contributed by atoms with van der Waals surface area (Å²) < 4.78 is 41.7. The highest BCUT2D eigenvalue weighted by atomic mass is 35.5. The molecule has 0 saturated heterocycles. The summed E-state index contributed by atoms with van der Waals surface area (Å²) in [5.74, 6) is 1.22. The summed E-state index contributed by atoms with van der Waals surface area (Å²) in [4.78, 5) is 12.6. The molecule has 8 nitrogen and oxygen atoms in total. The molecule has 0 unspecified atom stereocenters. The van der Waals surface area contributed by atoms with Gasteiger partial charge < -0.3 is 19.5 Å². The highest BCUT2D eigenvalue weighted by Crippen LogP contribution is 2.33. The van der Waals surface area contributed by atoms with Crippen LogP contribution < -0.4 is 23.8 Å². The predicted molar refractivity (Wildman–Crippen MR) is 114 cm³/mol. The number of anilines is 1. The monoisotopic (exact) mass is 454 g/mol. The second kappa shape index (κ2) is 9.01. The molecule has 1 N–H and O–H groups in total. The molecular weight excluding hydrogens is 432 g/mol. The first kappa shape index (κ1) is 22.0.